The van der Waals surface area contributed by atoms with Crippen LogP contribution in [0.1, 0.15) is 19.3 Å². The first kappa shape index (κ1) is 56.1. The highest BCUT2D eigenvalue weighted by Crippen LogP contribution is 1.88. The number of nitrogens with two attached hydrogens (primary N) is 3. The van der Waals surface area contributed by atoms with Crippen molar-refractivity contribution < 1.29 is 86.5 Å². The summed E-state index contributed by atoms with van der Waals surface area (Å²) in [7, 11) is 0. The maximum Gasteiger partial charge on any atom is 0.305 e. The predicted molar refractivity (Wildman–Crippen MR) is 194 cm³/mol. The van der Waals surface area contributed by atoms with Crippen molar-refractivity contribution in [1.29, 1.82) is 0 Å². The Labute approximate surface area is 319 Å². The van der Waals surface area contributed by atoms with Gasteiger partial charge in [0, 0.05) is 19.6 Å². The molecule has 0 saturated heterocycles. The van der Waals surface area contributed by atoms with Gasteiger partial charge in [0.25, 0.3) is 0 Å². The van der Waals surface area contributed by atoms with Crippen LogP contribution in [0.25, 0.3) is 0 Å². The van der Waals surface area contributed by atoms with E-state index >= 15 is 0 Å². The normalized spacial score (nSPS) is 10.7. The Morgan fingerprint density at radius 3 is 0.519 bits per heavy atom. The van der Waals surface area contributed by atoms with Crippen molar-refractivity contribution in [2.45, 2.75) is 19.3 Å². The SMILES string of the molecule is NCCOCCOCCC(=O)O.NCCOCCOCCOCCOCCC(=O)O.NCCOCCOCCOCCOCCOCCOCCC(=O)O. The van der Waals surface area contributed by atoms with Crippen molar-refractivity contribution >= 4 is 17.9 Å². The lowest BCUT2D eigenvalue weighted by molar-refractivity contribution is -0.139. The summed E-state index contributed by atoms with van der Waals surface area (Å²) in [5.74, 6) is -2.58. The Balaban J connectivity index is -0.000000765. The molecule has 21 heteroatoms. The summed E-state index contributed by atoms with van der Waals surface area (Å²) < 4.78 is 62.0. The molecular weight excluding hydrogens is 726 g/mol. The molecule has 0 amide bonds. The Kier molecular flexibility index (Phi) is 55.0. The summed E-state index contributed by atoms with van der Waals surface area (Å²) in [4.78, 5) is 30.4. The summed E-state index contributed by atoms with van der Waals surface area (Å²) in [5, 5.41) is 25.0. The van der Waals surface area contributed by atoms with Gasteiger partial charge in [0.05, 0.1) is 178 Å². The summed E-state index contributed by atoms with van der Waals surface area (Å²) in [6, 6.07) is 0. The van der Waals surface area contributed by atoms with Gasteiger partial charge in [0.15, 0.2) is 0 Å². The van der Waals surface area contributed by atoms with Gasteiger partial charge in [-0.05, 0) is 0 Å². The maximum atomic E-state index is 10.2. The Morgan fingerprint density at radius 2 is 0.389 bits per heavy atom. The fraction of sp³-hybridized carbons (Fsp3) is 0.909. The molecule has 0 bridgehead atoms. The second-order valence-electron chi connectivity index (χ2n) is 10.1. The number of ether oxygens (including phenoxy) is 12. The zero-order valence-corrected chi connectivity index (χ0v) is 31.9. The highest BCUT2D eigenvalue weighted by molar-refractivity contribution is 5.67. The van der Waals surface area contributed by atoms with Crippen LogP contribution in [0.15, 0.2) is 0 Å². The lowest BCUT2D eigenvalue weighted by Crippen LogP contribution is -2.15. The standard InChI is InChI=1S/C15H31NO8.C11H23NO6.C7H15NO4/c16-2-4-20-6-8-22-10-12-24-14-13-23-11-9-21-7-5-19-3-1-15(17)18;12-2-4-16-6-8-18-10-9-17-7-5-15-3-1-11(13)14;8-2-4-12-6-5-11-3-1-7(9)10/h1-14,16H2,(H,17,18);1-10,12H2,(H,13,14);1-6,8H2,(H,9,10). The van der Waals surface area contributed by atoms with Gasteiger partial charge >= 0.3 is 17.9 Å². The van der Waals surface area contributed by atoms with Crippen LogP contribution in [0.3, 0.4) is 0 Å². The third-order valence-electron chi connectivity index (χ3n) is 5.52. The molecule has 0 aromatic heterocycles. The summed E-state index contributed by atoms with van der Waals surface area (Å²) in [6.07, 6.45) is 0.0685. The van der Waals surface area contributed by atoms with E-state index in [4.69, 9.17) is 89.4 Å². The molecule has 9 N–H and O–H groups in total. The van der Waals surface area contributed by atoms with Gasteiger partial charge in [-0.25, -0.2) is 0 Å². The average molecular weight is 796 g/mol. The molecule has 0 aromatic rings. The van der Waals surface area contributed by atoms with E-state index < -0.39 is 17.9 Å². The minimum Gasteiger partial charge on any atom is -0.481 e. The van der Waals surface area contributed by atoms with E-state index in [9.17, 15) is 14.4 Å². The molecule has 21 nitrogen and oxygen atoms in total. The van der Waals surface area contributed by atoms with Crippen LogP contribution in [0.2, 0.25) is 0 Å². The first-order valence-electron chi connectivity index (χ1n) is 18.0. The first-order chi connectivity index (χ1) is 26.3. The van der Waals surface area contributed by atoms with Crippen LogP contribution in [0, 0.1) is 0 Å². The lowest BCUT2D eigenvalue weighted by Gasteiger charge is -2.08. The van der Waals surface area contributed by atoms with Crippen molar-refractivity contribution in [1.82, 2.24) is 0 Å². The fourth-order valence-corrected chi connectivity index (χ4v) is 3.01. The van der Waals surface area contributed by atoms with Crippen molar-refractivity contribution in [3.63, 3.8) is 0 Å². The molecule has 0 atom stereocenters. The zero-order valence-electron chi connectivity index (χ0n) is 31.9. The van der Waals surface area contributed by atoms with Gasteiger partial charge in [-0.2, -0.15) is 0 Å². The molecule has 0 aromatic carbocycles. The zero-order chi connectivity index (χ0) is 40.4. The molecule has 0 aliphatic carbocycles. The summed E-state index contributed by atoms with van der Waals surface area (Å²) >= 11 is 0. The Hall–Kier alpha value is -2.19. The van der Waals surface area contributed by atoms with E-state index in [-0.39, 0.29) is 39.1 Å². The summed E-state index contributed by atoms with van der Waals surface area (Å²) in [5.41, 5.74) is 15.7. The smallest absolute Gasteiger partial charge is 0.305 e. The van der Waals surface area contributed by atoms with E-state index in [1.54, 1.807) is 0 Å². The minimum absolute atomic E-state index is 0.0101. The number of aliphatic carboxylic acids is 3. The van der Waals surface area contributed by atoms with Gasteiger partial charge in [-0.3, -0.25) is 14.4 Å². The van der Waals surface area contributed by atoms with E-state index in [0.29, 0.717) is 158 Å². The van der Waals surface area contributed by atoms with E-state index in [2.05, 4.69) is 0 Å². The largest absolute Gasteiger partial charge is 0.481 e. The first-order valence-corrected chi connectivity index (χ1v) is 18.0. The molecular formula is C33H69N3O18. The number of carboxylic acid groups (broad SMARTS) is 3. The molecule has 0 fully saturated rings. The Bertz CT molecular complexity index is 761. The number of carboxylic acids is 3. The third-order valence-corrected chi connectivity index (χ3v) is 5.52. The minimum atomic E-state index is -0.866. The molecule has 0 heterocycles. The van der Waals surface area contributed by atoms with Crippen LogP contribution < -0.4 is 17.2 Å². The molecule has 0 spiro atoms. The van der Waals surface area contributed by atoms with E-state index in [0.717, 1.165) is 0 Å². The van der Waals surface area contributed by atoms with E-state index in [1.165, 1.54) is 0 Å². The highest BCUT2D eigenvalue weighted by Gasteiger charge is 1.99. The molecule has 54 heavy (non-hydrogen) atoms. The number of carbonyl (C=O) groups is 3. The highest BCUT2D eigenvalue weighted by atomic mass is 16.6. The molecule has 0 saturated carbocycles. The number of rotatable bonds is 42. The lowest BCUT2D eigenvalue weighted by atomic mass is 10.5. The molecule has 0 aliphatic rings. The second-order valence-corrected chi connectivity index (χ2v) is 10.1. The molecule has 324 valence electrons. The van der Waals surface area contributed by atoms with Gasteiger partial charge < -0.3 is 89.4 Å². The molecule has 0 rings (SSSR count). The van der Waals surface area contributed by atoms with Crippen LogP contribution in [-0.2, 0) is 71.2 Å². The third kappa shape index (κ3) is 64.8. The van der Waals surface area contributed by atoms with Gasteiger partial charge in [-0.15, -0.1) is 0 Å². The van der Waals surface area contributed by atoms with Crippen LogP contribution in [0.5, 0.6) is 0 Å². The number of hydrogen-bond acceptors (Lipinski definition) is 18. The van der Waals surface area contributed by atoms with Crippen molar-refractivity contribution in [3.05, 3.63) is 0 Å². The predicted octanol–water partition coefficient (Wildman–Crippen LogP) is -1.54. The quantitative estimate of drug-likeness (QED) is 0.0381. The average Bonchev–Trinajstić information content (AvgIpc) is 3.14. The fourth-order valence-electron chi connectivity index (χ4n) is 3.01. The van der Waals surface area contributed by atoms with Gasteiger partial charge in [0.2, 0.25) is 0 Å². The topological polar surface area (TPSA) is 301 Å². The number of hydrogen-bond donors (Lipinski definition) is 6. The maximum absolute atomic E-state index is 10.2. The van der Waals surface area contributed by atoms with Gasteiger partial charge in [-0.1, -0.05) is 0 Å². The molecule has 0 radical (unpaired) electrons. The monoisotopic (exact) mass is 795 g/mol. The van der Waals surface area contributed by atoms with Crippen LogP contribution in [-0.4, -0.2) is 211 Å². The van der Waals surface area contributed by atoms with Gasteiger partial charge in [0.1, 0.15) is 0 Å². The second kappa shape index (κ2) is 52.9. The molecule has 0 aliphatic heterocycles. The van der Waals surface area contributed by atoms with E-state index in [1.807, 2.05) is 0 Å². The van der Waals surface area contributed by atoms with Crippen LogP contribution in [0.4, 0.5) is 0 Å². The van der Waals surface area contributed by atoms with Crippen molar-refractivity contribution in [2.24, 2.45) is 17.2 Å². The van der Waals surface area contributed by atoms with Crippen LogP contribution >= 0.6 is 0 Å². The molecule has 0 unspecified atom stereocenters. The van der Waals surface area contributed by atoms with Crippen molar-refractivity contribution in [3.8, 4) is 0 Å². The van der Waals surface area contributed by atoms with Crippen molar-refractivity contribution in [2.75, 3.05) is 178 Å². The Morgan fingerprint density at radius 1 is 0.259 bits per heavy atom. The summed E-state index contributed by atoms with van der Waals surface area (Å²) in [6.45, 7) is 12.5.